The van der Waals surface area contributed by atoms with E-state index in [2.05, 4.69) is 90.1 Å². The zero-order chi connectivity index (χ0) is 107. The third kappa shape index (κ3) is 39.0. The third-order valence-corrected chi connectivity index (χ3v) is 24.5. The Kier molecular flexibility index (Phi) is 50.3. The topological polar surface area (TPSA) is 692 Å². The molecular formula is C100H143N19O24S. The SMILES string of the molecule is CC[C@H](C)[C@H](NC(=O)[C@H](Cc1ccccc1)NC(=O)[C@@H](NC(=O)[C@@H](NC(=O)[C@H](Cc1c[nH]c2ccccc12)NC(=O)[C@H](CCCCN)NC(=O)[C@@H](N)CCSC)C(C)C)[C@@H](C)O)C(=O)N[C@@H](CO)C(=O)N[C@@H](CC(C)C)C(=O)N[C@@H](Cc1ccccc1)C(=O)N[C@@H](CC(C)C)C(=O)N[C@@H](Cc1ccccc1)C(=O)N[C@@H](CO)C(=O)N[C@@H](CO)C(=O)N[C@@H](C)C(=O)N[C@@H](Cc1ccc(O)cc1)C(=O)N[C@@H](CO)C(=O)O. The summed E-state index contributed by atoms with van der Waals surface area (Å²) in [6.07, 6.45) is 2.06. The Bertz CT molecular complexity index is 5220. The minimum atomic E-state index is -1.91. The summed E-state index contributed by atoms with van der Waals surface area (Å²) in [5, 5.41) is 114. The first-order valence-corrected chi connectivity index (χ1v) is 49.5. The van der Waals surface area contributed by atoms with Crippen molar-refractivity contribution in [3.05, 3.63) is 174 Å². The summed E-state index contributed by atoms with van der Waals surface area (Å²) in [6, 6.07) is 10.9. The number of thioether (sulfide) groups is 1. The second-order valence-corrected chi connectivity index (χ2v) is 37.8. The number of amides is 16. The van der Waals surface area contributed by atoms with Crippen LogP contribution in [-0.4, -0.2) is 295 Å². The molecule has 788 valence electrons. The number of rotatable bonds is 62. The number of aromatic nitrogens is 1. The number of aliphatic hydroxyl groups is 5. The Morgan fingerprint density at radius 1 is 0.354 bits per heavy atom. The van der Waals surface area contributed by atoms with E-state index in [1.54, 1.807) is 159 Å². The van der Waals surface area contributed by atoms with Crippen LogP contribution in [-0.2, 0) is 114 Å². The number of phenols is 1. The summed E-state index contributed by atoms with van der Waals surface area (Å²) in [6.45, 7) is 11.7. The van der Waals surface area contributed by atoms with E-state index in [0.29, 0.717) is 59.4 Å². The maximum atomic E-state index is 15.1. The average Bonchev–Trinajstić information content (AvgIpc) is 1.67. The molecule has 0 saturated heterocycles. The van der Waals surface area contributed by atoms with Gasteiger partial charge in [-0.05, 0) is 141 Å². The van der Waals surface area contributed by atoms with Crippen LogP contribution in [0.25, 0.3) is 10.9 Å². The van der Waals surface area contributed by atoms with E-state index in [-0.39, 0.29) is 75.4 Å². The number of carbonyl (C=O) groups excluding carboxylic acids is 16. The summed E-state index contributed by atoms with van der Waals surface area (Å²) < 4.78 is 0. The van der Waals surface area contributed by atoms with Crippen LogP contribution in [0, 0.1) is 23.7 Å². The fraction of sp³-hybridized carbons (Fsp3) is 0.510. The maximum absolute atomic E-state index is 15.1. The molecule has 5 aromatic carbocycles. The maximum Gasteiger partial charge on any atom is 0.328 e. The monoisotopic (exact) mass is 2030 g/mol. The van der Waals surface area contributed by atoms with Gasteiger partial charge in [-0.25, -0.2) is 4.79 Å². The highest BCUT2D eigenvalue weighted by Gasteiger charge is 2.42. The molecule has 28 N–H and O–H groups in total. The van der Waals surface area contributed by atoms with Crippen LogP contribution < -0.4 is 96.5 Å². The Balaban J connectivity index is 1.18. The molecule has 0 aliphatic carbocycles. The molecule has 43 nitrogen and oxygen atoms in total. The van der Waals surface area contributed by atoms with Gasteiger partial charge in [0.15, 0.2) is 0 Å². The molecule has 19 atom stereocenters. The number of hydrogen-bond acceptors (Lipinski definition) is 26. The first-order chi connectivity index (χ1) is 68.5. The standard InChI is InChI=1S/C100H143N19O24S/c1-12-57(8)82(118-92(134)75(46-62-30-20-15-21-31-62)112-99(141)83(59(10)124)119-97(139)81(56(6)7)117-93(135)76(48-64-49-103-68-33-23-22-32-66(64)68)111-86(128)69(34-24-25-40-101)105-85(127)67(102)39-41-144-11)98(140)115-79(52-122)95(137)108-71(43-55(4)5)88(130)109-73(44-60-26-16-13-17-27-60)89(131)107-70(42-54(2)3)87(129)110-74(45-61-28-18-14-19-29-61)90(132)113-78(51-121)96(138)114-77(50-120)94(136)104-58(9)84(126)106-72(47-63-35-37-65(125)38-36-63)91(133)116-80(53-123)100(142)143/h13-23,26-33,35-38,49,54-59,67,69-83,103,120-125H,12,24-25,34,39-48,50-53,101-102H2,1-11H3,(H,104,136)(H,105,127)(H,106,126)(H,107,131)(H,108,137)(H,109,130)(H,110,129)(H,111,128)(H,112,141)(H,113,132)(H,114,138)(H,115,140)(H,116,133)(H,117,135)(H,118,134)(H,119,139)(H,142,143)/t57-,58-,59+,67-,69-,70-,71-,72-,73-,74-,75-,76-,77-,78-,79-,80-,81-,82-,83-/m0/s1. The van der Waals surface area contributed by atoms with E-state index in [1.165, 1.54) is 43.0 Å². The number of hydrogen-bond donors (Lipinski definition) is 26. The Labute approximate surface area is 840 Å². The molecule has 1 heterocycles. The van der Waals surface area contributed by atoms with Gasteiger partial charge in [-0.1, -0.05) is 183 Å². The van der Waals surface area contributed by atoms with E-state index in [0.717, 1.165) is 17.8 Å². The number of para-hydroxylation sites is 1. The minimum Gasteiger partial charge on any atom is -0.508 e. The number of unbranched alkanes of at least 4 members (excludes halogenated alkanes) is 1. The molecule has 16 amide bonds. The van der Waals surface area contributed by atoms with Crippen LogP contribution in [0.3, 0.4) is 0 Å². The second-order valence-electron chi connectivity index (χ2n) is 36.8. The lowest BCUT2D eigenvalue weighted by atomic mass is 9.96. The van der Waals surface area contributed by atoms with Gasteiger partial charge in [0.25, 0.3) is 0 Å². The van der Waals surface area contributed by atoms with Crippen LogP contribution in [0.1, 0.15) is 142 Å². The summed E-state index contributed by atoms with van der Waals surface area (Å²) in [5.74, 6) is -19.1. The average molecular weight is 2030 g/mol. The van der Waals surface area contributed by atoms with Crippen molar-refractivity contribution in [1.29, 1.82) is 0 Å². The Morgan fingerprint density at radius 3 is 1.10 bits per heavy atom. The van der Waals surface area contributed by atoms with Crippen LogP contribution in [0.5, 0.6) is 5.75 Å². The quantitative estimate of drug-likeness (QED) is 0.0177. The van der Waals surface area contributed by atoms with Crippen molar-refractivity contribution in [3.8, 4) is 5.75 Å². The molecular weight excluding hydrogens is 1880 g/mol. The smallest absolute Gasteiger partial charge is 0.328 e. The number of aliphatic carboxylic acids is 1. The van der Waals surface area contributed by atoms with Gasteiger partial charge in [0.1, 0.15) is 102 Å². The highest BCUT2D eigenvalue weighted by molar-refractivity contribution is 7.98. The van der Waals surface area contributed by atoms with Crippen molar-refractivity contribution in [1.82, 2.24) is 90.1 Å². The molecule has 0 aliphatic rings. The van der Waals surface area contributed by atoms with E-state index in [1.807, 2.05) is 24.5 Å². The van der Waals surface area contributed by atoms with Crippen molar-refractivity contribution in [2.45, 2.75) is 255 Å². The molecule has 1 aromatic heterocycles. The van der Waals surface area contributed by atoms with Gasteiger partial charge in [-0.2, -0.15) is 11.8 Å². The lowest BCUT2D eigenvalue weighted by Gasteiger charge is -2.31. The van der Waals surface area contributed by atoms with E-state index in [9.17, 15) is 112 Å². The van der Waals surface area contributed by atoms with E-state index < -0.39 is 248 Å². The van der Waals surface area contributed by atoms with Crippen molar-refractivity contribution in [3.63, 3.8) is 0 Å². The molecule has 44 heteroatoms. The van der Waals surface area contributed by atoms with Gasteiger partial charge >= 0.3 is 5.97 Å². The first-order valence-electron chi connectivity index (χ1n) is 48.1. The van der Waals surface area contributed by atoms with E-state index >= 15 is 4.79 Å². The molecule has 0 bridgehead atoms. The van der Waals surface area contributed by atoms with Crippen LogP contribution in [0.15, 0.2) is 146 Å². The Hall–Kier alpha value is -13.5. The number of aromatic hydroxyl groups is 1. The fourth-order valence-corrected chi connectivity index (χ4v) is 15.8. The largest absolute Gasteiger partial charge is 0.508 e. The molecule has 6 rings (SSSR count). The number of aromatic amines is 1. The Morgan fingerprint density at radius 2 is 0.688 bits per heavy atom. The second kappa shape index (κ2) is 60.8. The van der Waals surface area contributed by atoms with Crippen LogP contribution in [0.2, 0.25) is 0 Å². The molecule has 0 spiro atoms. The number of benzene rings is 5. The normalized spacial score (nSPS) is 15.3. The predicted octanol–water partition coefficient (Wildman–Crippen LogP) is -2.40. The predicted molar refractivity (Wildman–Crippen MR) is 536 cm³/mol. The van der Waals surface area contributed by atoms with Gasteiger partial charge in [-0.15, -0.1) is 0 Å². The lowest BCUT2D eigenvalue weighted by molar-refractivity contribution is -0.143. The zero-order valence-electron chi connectivity index (χ0n) is 82.9. The van der Waals surface area contributed by atoms with Gasteiger partial charge in [0.05, 0.1) is 38.6 Å². The number of nitrogens with two attached hydrogens (primary N) is 2. The minimum absolute atomic E-state index is 0.103. The highest BCUT2D eigenvalue weighted by atomic mass is 32.2. The summed E-state index contributed by atoms with van der Waals surface area (Å²) >= 11 is 1.49. The molecule has 0 aliphatic heterocycles. The van der Waals surface area contributed by atoms with Gasteiger partial charge in [-0.3, -0.25) is 76.7 Å². The molecule has 144 heavy (non-hydrogen) atoms. The summed E-state index contributed by atoms with van der Waals surface area (Å²) in [5.41, 5.74) is 15.2. The van der Waals surface area contributed by atoms with Gasteiger partial charge in [0.2, 0.25) is 94.5 Å². The molecule has 0 saturated carbocycles. The molecule has 6 aromatic rings. The third-order valence-electron chi connectivity index (χ3n) is 23.8. The number of phenolic OH excluding ortho intramolecular Hbond substituents is 1. The number of H-pyrrole nitrogens is 1. The van der Waals surface area contributed by atoms with E-state index in [4.69, 9.17) is 11.5 Å². The fourth-order valence-electron chi connectivity index (χ4n) is 15.3. The highest BCUT2D eigenvalue weighted by Crippen LogP contribution is 2.23. The molecule has 0 radical (unpaired) electrons. The van der Waals surface area contributed by atoms with Crippen molar-refractivity contribution >= 4 is 123 Å². The number of carbonyl (C=O) groups is 17. The van der Waals surface area contributed by atoms with Crippen molar-refractivity contribution < 1.29 is 117 Å². The number of carboxylic acids is 1. The van der Waals surface area contributed by atoms with Gasteiger partial charge < -0.3 is 137 Å². The number of carboxylic acid groups (broad SMARTS) is 1. The first kappa shape index (κ1) is 119. The number of aliphatic hydroxyl groups excluding tert-OH is 5. The van der Waals surface area contributed by atoms with Crippen LogP contribution in [0.4, 0.5) is 0 Å². The number of nitrogens with one attached hydrogen (secondary N) is 17. The molecule has 0 fully saturated rings. The van der Waals surface area contributed by atoms with Crippen LogP contribution >= 0.6 is 11.8 Å². The molecule has 0 unspecified atom stereocenters. The summed E-state index contributed by atoms with van der Waals surface area (Å²) in [4.78, 5) is 245. The lowest BCUT2D eigenvalue weighted by Crippen LogP contribution is -2.63. The number of fused-ring (bicyclic) bond motifs is 1. The van der Waals surface area contributed by atoms with Crippen molar-refractivity contribution in [2.24, 2.45) is 35.1 Å². The van der Waals surface area contributed by atoms with Gasteiger partial charge in [0, 0.05) is 49.2 Å². The summed E-state index contributed by atoms with van der Waals surface area (Å²) in [7, 11) is 0. The van der Waals surface area contributed by atoms with Crippen molar-refractivity contribution in [2.75, 3.05) is 45.0 Å². The zero-order valence-corrected chi connectivity index (χ0v) is 83.7.